The predicted molar refractivity (Wildman–Crippen MR) is 69.2 cm³/mol. The van der Waals surface area contributed by atoms with Crippen molar-refractivity contribution in [2.45, 2.75) is 0 Å². The Hall–Kier alpha value is -1.81. The molecule has 0 aliphatic heterocycles. The van der Waals surface area contributed by atoms with Crippen molar-refractivity contribution in [3.63, 3.8) is 0 Å². The number of nitrogens with two attached hydrogens (primary N) is 1. The Balaban J connectivity index is 2.13. The Morgan fingerprint density at radius 1 is 0.941 bits per heavy atom. The summed E-state index contributed by atoms with van der Waals surface area (Å²) in [5, 5.41) is 0. The molecule has 0 aliphatic rings. The fourth-order valence-corrected chi connectivity index (χ4v) is 1.59. The van der Waals surface area contributed by atoms with Gasteiger partial charge in [-0.1, -0.05) is 15.9 Å². The molecule has 17 heavy (non-hydrogen) atoms. The second-order valence-electron chi connectivity index (χ2n) is 3.44. The van der Waals surface area contributed by atoms with E-state index in [1.54, 1.807) is 24.3 Å². The summed E-state index contributed by atoms with van der Waals surface area (Å²) in [5.74, 6) is 0.956. The number of hydrogen-bond acceptors (Lipinski definition) is 2. The SMILES string of the molecule is NC(=O)c1ccc(Oc2ccc(Br)cc2)cc1. The zero-order chi connectivity index (χ0) is 12.3. The van der Waals surface area contributed by atoms with Gasteiger partial charge in [0, 0.05) is 10.0 Å². The number of amides is 1. The molecule has 2 aromatic carbocycles. The molecule has 0 bridgehead atoms. The van der Waals surface area contributed by atoms with Crippen LogP contribution in [0.4, 0.5) is 0 Å². The van der Waals surface area contributed by atoms with Crippen LogP contribution in [0, 0.1) is 0 Å². The summed E-state index contributed by atoms with van der Waals surface area (Å²) in [7, 11) is 0. The Labute approximate surface area is 107 Å². The summed E-state index contributed by atoms with van der Waals surface area (Å²) in [4.78, 5) is 10.9. The molecule has 0 saturated heterocycles. The van der Waals surface area contributed by atoms with E-state index >= 15 is 0 Å². The van der Waals surface area contributed by atoms with Gasteiger partial charge in [-0.25, -0.2) is 0 Å². The highest BCUT2D eigenvalue weighted by atomic mass is 79.9. The van der Waals surface area contributed by atoms with Crippen molar-refractivity contribution in [3.05, 3.63) is 58.6 Å². The zero-order valence-corrected chi connectivity index (χ0v) is 10.5. The number of ether oxygens (including phenoxy) is 1. The number of carbonyl (C=O) groups excluding carboxylic acids is 1. The summed E-state index contributed by atoms with van der Waals surface area (Å²) in [6, 6.07) is 14.2. The molecule has 0 fully saturated rings. The van der Waals surface area contributed by atoms with Crippen LogP contribution in [0.5, 0.6) is 11.5 Å². The van der Waals surface area contributed by atoms with Crippen molar-refractivity contribution in [2.75, 3.05) is 0 Å². The highest BCUT2D eigenvalue weighted by Crippen LogP contribution is 2.23. The number of hydrogen-bond donors (Lipinski definition) is 1. The molecule has 2 N–H and O–H groups in total. The van der Waals surface area contributed by atoms with Crippen molar-refractivity contribution in [2.24, 2.45) is 5.73 Å². The Morgan fingerprint density at radius 2 is 1.41 bits per heavy atom. The summed E-state index contributed by atoms with van der Waals surface area (Å²) in [6.45, 7) is 0. The van der Waals surface area contributed by atoms with Gasteiger partial charge in [-0.15, -0.1) is 0 Å². The van der Waals surface area contributed by atoms with Crippen LogP contribution in [0.25, 0.3) is 0 Å². The smallest absolute Gasteiger partial charge is 0.248 e. The quantitative estimate of drug-likeness (QED) is 0.943. The Bertz CT molecular complexity index is 520. The van der Waals surface area contributed by atoms with E-state index in [9.17, 15) is 4.79 Å². The highest BCUT2D eigenvalue weighted by molar-refractivity contribution is 9.10. The van der Waals surface area contributed by atoms with Gasteiger partial charge in [-0.3, -0.25) is 4.79 Å². The van der Waals surface area contributed by atoms with Crippen LogP contribution in [-0.4, -0.2) is 5.91 Å². The standard InChI is InChI=1S/C13H10BrNO2/c14-10-3-7-12(8-4-10)17-11-5-1-9(2-6-11)13(15)16/h1-8H,(H2,15,16). The van der Waals surface area contributed by atoms with Gasteiger partial charge in [0.25, 0.3) is 0 Å². The van der Waals surface area contributed by atoms with Crippen molar-refractivity contribution >= 4 is 21.8 Å². The normalized spacial score (nSPS) is 9.94. The molecule has 0 aromatic heterocycles. The van der Waals surface area contributed by atoms with E-state index in [-0.39, 0.29) is 0 Å². The molecule has 0 heterocycles. The summed E-state index contributed by atoms with van der Waals surface area (Å²) in [6.07, 6.45) is 0. The maximum Gasteiger partial charge on any atom is 0.248 e. The molecular formula is C13H10BrNO2. The molecule has 0 unspecified atom stereocenters. The molecule has 2 rings (SSSR count). The van der Waals surface area contributed by atoms with Gasteiger partial charge >= 0.3 is 0 Å². The second-order valence-corrected chi connectivity index (χ2v) is 4.36. The topological polar surface area (TPSA) is 52.3 Å². The summed E-state index contributed by atoms with van der Waals surface area (Å²) < 4.78 is 6.59. The number of rotatable bonds is 3. The first-order chi connectivity index (χ1) is 8.15. The predicted octanol–water partition coefficient (Wildman–Crippen LogP) is 3.34. The van der Waals surface area contributed by atoms with E-state index in [0.717, 1.165) is 10.2 Å². The fourth-order valence-electron chi connectivity index (χ4n) is 1.33. The minimum absolute atomic E-state index is 0.444. The third kappa shape index (κ3) is 3.07. The van der Waals surface area contributed by atoms with Crippen LogP contribution in [-0.2, 0) is 0 Å². The lowest BCUT2D eigenvalue weighted by Gasteiger charge is -2.05. The maximum absolute atomic E-state index is 10.9. The molecule has 0 aliphatic carbocycles. The van der Waals surface area contributed by atoms with E-state index < -0.39 is 5.91 Å². The third-order valence-electron chi connectivity index (χ3n) is 2.19. The fraction of sp³-hybridized carbons (Fsp3) is 0. The van der Waals surface area contributed by atoms with E-state index in [2.05, 4.69) is 15.9 Å². The average Bonchev–Trinajstić information content (AvgIpc) is 2.33. The van der Waals surface area contributed by atoms with Gasteiger partial charge in [0.1, 0.15) is 11.5 Å². The first-order valence-corrected chi connectivity index (χ1v) is 5.78. The van der Waals surface area contributed by atoms with Crippen molar-refractivity contribution in [3.8, 4) is 11.5 Å². The zero-order valence-electron chi connectivity index (χ0n) is 8.89. The van der Waals surface area contributed by atoms with Crippen LogP contribution in [0.1, 0.15) is 10.4 Å². The van der Waals surface area contributed by atoms with Gasteiger partial charge in [-0.2, -0.15) is 0 Å². The number of primary amides is 1. The van der Waals surface area contributed by atoms with E-state index in [1.807, 2.05) is 24.3 Å². The van der Waals surface area contributed by atoms with E-state index in [0.29, 0.717) is 11.3 Å². The second kappa shape index (κ2) is 5.01. The minimum Gasteiger partial charge on any atom is -0.457 e. The molecule has 2 aromatic rings. The molecule has 0 saturated carbocycles. The molecule has 0 atom stereocenters. The van der Waals surface area contributed by atoms with E-state index in [4.69, 9.17) is 10.5 Å². The van der Waals surface area contributed by atoms with Crippen molar-refractivity contribution in [1.29, 1.82) is 0 Å². The van der Waals surface area contributed by atoms with Crippen LogP contribution in [0.2, 0.25) is 0 Å². The largest absolute Gasteiger partial charge is 0.457 e. The molecule has 0 spiro atoms. The van der Waals surface area contributed by atoms with Gasteiger partial charge in [0.05, 0.1) is 0 Å². The van der Waals surface area contributed by atoms with Gasteiger partial charge < -0.3 is 10.5 Å². The average molecular weight is 292 g/mol. The van der Waals surface area contributed by atoms with Crippen LogP contribution < -0.4 is 10.5 Å². The lowest BCUT2D eigenvalue weighted by molar-refractivity contribution is 0.100. The van der Waals surface area contributed by atoms with Crippen LogP contribution in [0.15, 0.2) is 53.0 Å². The molecule has 86 valence electrons. The van der Waals surface area contributed by atoms with E-state index in [1.165, 1.54) is 0 Å². The third-order valence-corrected chi connectivity index (χ3v) is 2.72. The minimum atomic E-state index is -0.444. The highest BCUT2D eigenvalue weighted by Gasteiger charge is 2.01. The molecule has 1 amide bonds. The first-order valence-electron chi connectivity index (χ1n) is 4.98. The lowest BCUT2D eigenvalue weighted by atomic mass is 10.2. The number of halogens is 1. The molecule has 4 heteroatoms. The van der Waals surface area contributed by atoms with Gasteiger partial charge in [0.2, 0.25) is 5.91 Å². The van der Waals surface area contributed by atoms with Crippen LogP contribution >= 0.6 is 15.9 Å². The number of carbonyl (C=O) groups is 1. The maximum atomic E-state index is 10.9. The first kappa shape index (κ1) is 11.7. The van der Waals surface area contributed by atoms with Crippen LogP contribution in [0.3, 0.4) is 0 Å². The van der Waals surface area contributed by atoms with Crippen molar-refractivity contribution < 1.29 is 9.53 Å². The summed E-state index contributed by atoms with van der Waals surface area (Å²) in [5.41, 5.74) is 5.61. The van der Waals surface area contributed by atoms with Gasteiger partial charge in [-0.05, 0) is 48.5 Å². The molecule has 3 nitrogen and oxygen atoms in total. The van der Waals surface area contributed by atoms with Gasteiger partial charge in [0.15, 0.2) is 0 Å². The van der Waals surface area contributed by atoms with Crippen molar-refractivity contribution in [1.82, 2.24) is 0 Å². The lowest BCUT2D eigenvalue weighted by Crippen LogP contribution is -2.10. The monoisotopic (exact) mass is 291 g/mol. The molecular weight excluding hydrogens is 282 g/mol. The number of benzene rings is 2. The Morgan fingerprint density at radius 3 is 1.88 bits per heavy atom. The molecule has 0 radical (unpaired) electrons. The Kier molecular flexibility index (Phi) is 3.44. The summed E-state index contributed by atoms with van der Waals surface area (Å²) >= 11 is 3.35.